The smallest absolute Gasteiger partial charge is 0.271 e. The van der Waals surface area contributed by atoms with Crippen molar-refractivity contribution < 1.29 is 22.9 Å². The van der Waals surface area contributed by atoms with Gasteiger partial charge in [-0.05, 0) is 12.5 Å². The molecule has 1 atom stereocenters. The van der Waals surface area contributed by atoms with Gasteiger partial charge in [-0.15, -0.1) is 0 Å². The van der Waals surface area contributed by atoms with Crippen LogP contribution in [0, 0.1) is 10.1 Å². The fourth-order valence-corrected chi connectivity index (χ4v) is 5.34. The molecule has 0 radical (unpaired) electrons. The van der Waals surface area contributed by atoms with Crippen molar-refractivity contribution in [3.63, 3.8) is 0 Å². The van der Waals surface area contributed by atoms with E-state index in [-0.39, 0.29) is 46.5 Å². The van der Waals surface area contributed by atoms with Crippen LogP contribution in [-0.4, -0.2) is 79.4 Å². The van der Waals surface area contributed by atoms with E-state index in [9.17, 15) is 23.3 Å². The molecule has 1 aromatic carbocycles. The zero-order valence-electron chi connectivity index (χ0n) is 14.5. The molecule has 27 heavy (non-hydrogen) atoms. The number of nitro benzene ring substituents is 1. The first-order valence-electron chi connectivity index (χ1n) is 8.54. The summed E-state index contributed by atoms with van der Waals surface area (Å²) in [7, 11) is -2.92. The first-order chi connectivity index (χ1) is 12.7. The molecule has 9 nitrogen and oxygen atoms in total. The van der Waals surface area contributed by atoms with Gasteiger partial charge in [-0.2, -0.15) is 0 Å². The zero-order chi connectivity index (χ0) is 19.6. The third-order valence-corrected chi connectivity index (χ3v) is 6.91. The molecule has 0 spiro atoms. The normalized spacial score (nSPS) is 22.6. The van der Waals surface area contributed by atoms with Crippen molar-refractivity contribution in [3.8, 4) is 5.75 Å². The standard InChI is InChI=1S/C16H20ClN3O6S/c17-14-9-12(20(22)23)1-2-15(14)26-10-16(21)19-6-4-18(5-7-19)13-3-8-27(24,25)11-13/h1-2,9,13H,3-8,10-11H2/t13-/m0/s1. The van der Waals surface area contributed by atoms with Crippen LogP contribution in [0.2, 0.25) is 5.02 Å². The van der Waals surface area contributed by atoms with E-state index in [1.165, 1.54) is 18.2 Å². The predicted molar refractivity (Wildman–Crippen MR) is 98.8 cm³/mol. The van der Waals surface area contributed by atoms with Crippen molar-refractivity contribution in [1.82, 2.24) is 9.80 Å². The molecule has 3 rings (SSSR count). The Morgan fingerprint density at radius 1 is 1.30 bits per heavy atom. The van der Waals surface area contributed by atoms with E-state index in [0.29, 0.717) is 32.6 Å². The Morgan fingerprint density at radius 2 is 2.00 bits per heavy atom. The maximum atomic E-state index is 12.3. The number of amides is 1. The second kappa shape index (κ2) is 7.99. The van der Waals surface area contributed by atoms with Gasteiger partial charge >= 0.3 is 0 Å². The van der Waals surface area contributed by atoms with E-state index >= 15 is 0 Å². The summed E-state index contributed by atoms with van der Waals surface area (Å²) in [5.74, 6) is 0.442. The monoisotopic (exact) mass is 417 g/mol. The number of ether oxygens (including phenoxy) is 1. The van der Waals surface area contributed by atoms with E-state index in [2.05, 4.69) is 4.90 Å². The molecule has 2 fully saturated rings. The molecule has 2 saturated heterocycles. The summed E-state index contributed by atoms with van der Waals surface area (Å²) in [6, 6.07) is 3.85. The maximum absolute atomic E-state index is 12.3. The molecule has 1 aromatic rings. The van der Waals surface area contributed by atoms with Crippen LogP contribution in [0.25, 0.3) is 0 Å². The van der Waals surface area contributed by atoms with E-state index in [1.54, 1.807) is 4.90 Å². The highest BCUT2D eigenvalue weighted by Gasteiger charge is 2.34. The lowest BCUT2D eigenvalue weighted by Crippen LogP contribution is -2.53. The molecule has 0 N–H and O–H groups in total. The topological polar surface area (TPSA) is 110 Å². The summed E-state index contributed by atoms with van der Waals surface area (Å²) in [6.45, 7) is 2.06. The average molecular weight is 418 g/mol. The summed E-state index contributed by atoms with van der Waals surface area (Å²) in [5.41, 5.74) is -0.149. The minimum absolute atomic E-state index is 0.0439. The Morgan fingerprint density at radius 3 is 2.56 bits per heavy atom. The first-order valence-corrected chi connectivity index (χ1v) is 10.7. The van der Waals surface area contributed by atoms with Crippen LogP contribution >= 0.6 is 11.6 Å². The number of nitrogens with zero attached hydrogens (tertiary/aromatic N) is 3. The van der Waals surface area contributed by atoms with Gasteiger partial charge in [0.15, 0.2) is 16.4 Å². The Hall–Kier alpha value is -1.91. The second-order valence-electron chi connectivity index (χ2n) is 6.63. The highest BCUT2D eigenvalue weighted by atomic mass is 35.5. The third kappa shape index (κ3) is 4.88. The fraction of sp³-hybridized carbons (Fsp3) is 0.562. The SMILES string of the molecule is O=C(COc1ccc([N+](=O)[O-])cc1Cl)N1CCN([C@H]2CCS(=O)(=O)C2)CC1. The van der Waals surface area contributed by atoms with Gasteiger partial charge in [0.25, 0.3) is 11.6 Å². The number of hydrogen-bond donors (Lipinski definition) is 0. The van der Waals surface area contributed by atoms with Gasteiger partial charge in [0.05, 0.1) is 21.5 Å². The zero-order valence-corrected chi connectivity index (χ0v) is 16.1. The van der Waals surface area contributed by atoms with Crippen molar-refractivity contribution in [2.45, 2.75) is 12.5 Å². The number of non-ortho nitro benzene ring substituents is 1. The quantitative estimate of drug-likeness (QED) is 0.518. The Kier molecular flexibility index (Phi) is 5.87. The summed E-state index contributed by atoms with van der Waals surface area (Å²) < 4.78 is 28.6. The number of nitro groups is 1. The second-order valence-corrected chi connectivity index (χ2v) is 9.27. The number of hydrogen-bond acceptors (Lipinski definition) is 7. The lowest BCUT2D eigenvalue weighted by molar-refractivity contribution is -0.384. The molecule has 11 heteroatoms. The van der Waals surface area contributed by atoms with E-state index < -0.39 is 14.8 Å². The van der Waals surface area contributed by atoms with Crippen molar-refractivity contribution in [2.75, 3.05) is 44.3 Å². The minimum Gasteiger partial charge on any atom is -0.482 e. The molecule has 0 saturated carbocycles. The molecule has 148 valence electrons. The lowest BCUT2D eigenvalue weighted by Gasteiger charge is -2.37. The summed E-state index contributed by atoms with van der Waals surface area (Å²) in [6.07, 6.45) is 0.651. The Labute approximate surface area is 161 Å². The maximum Gasteiger partial charge on any atom is 0.271 e. The highest BCUT2D eigenvalue weighted by molar-refractivity contribution is 7.91. The number of sulfone groups is 1. The average Bonchev–Trinajstić information content (AvgIpc) is 3.00. The van der Waals surface area contributed by atoms with Gasteiger partial charge in [-0.1, -0.05) is 11.6 Å². The van der Waals surface area contributed by atoms with Crippen LogP contribution in [0.3, 0.4) is 0 Å². The molecule has 1 amide bonds. The number of piperazine rings is 1. The summed E-state index contributed by atoms with van der Waals surface area (Å²) in [4.78, 5) is 26.3. The predicted octanol–water partition coefficient (Wildman–Crippen LogP) is 0.958. The molecule has 0 aliphatic carbocycles. The molecule has 0 aromatic heterocycles. The third-order valence-electron chi connectivity index (χ3n) is 4.87. The number of carbonyl (C=O) groups excluding carboxylic acids is 1. The van der Waals surface area contributed by atoms with Crippen molar-refractivity contribution in [2.24, 2.45) is 0 Å². The molecule has 2 heterocycles. The number of halogens is 1. The number of benzene rings is 1. The van der Waals surface area contributed by atoms with Crippen LogP contribution in [-0.2, 0) is 14.6 Å². The van der Waals surface area contributed by atoms with Crippen LogP contribution in [0.4, 0.5) is 5.69 Å². The van der Waals surface area contributed by atoms with Crippen LogP contribution in [0.15, 0.2) is 18.2 Å². The molecule has 0 unspecified atom stereocenters. The first kappa shape index (κ1) is 19.8. The summed E-state index contributed by atoms with van der Waals surface area (Å²) in [5, 5.41) is 10.8. The van der Waals surface area contributed by atoms with Gasteiger partial charge in [0.1, 0.15) is 5.75 Å². The van der Waals surface area contributed by atoms with Crippen molar-refractivity contribution in [1.29, 1.82) is 0 Å². The number of rotatable bonds is 5. The minimum atomic E-state index is -2.92. The highest BCUT2D eigenvalue weighted by Crippen LogP contribution is 2.28. The van der Waals surface area contributed by atoms with Gasteiger partial charge in [-0.25, -0.2) is 8.42 Å². The molecule has 0 bridgehead atoms. The van der Waals surface area contributed by atoms with Crippen LogP contribution < -0.4 is 4.74 Å². The molecule has 2 aliphatic rings. The molecule has 2 aliphatic heterocycles. The van der Waals surface area contributed by atoms with E-state index in [4.69, 9.17) is 16.3 Å². The van der Waals surface area contributed by atoms with Gasteiger partial charge in [0, 0.05) is 44.4 Å². The van der Waals surface area contributed by atoms with Crippen LogP contribution in [0.1, 0.15) is 6.42 Å². The number of carbonyl (C=O) groups is 1. The van der Waals surface area contributed by atoms with Crippen LogP contribution in [0.5, 0.6) is 5.75 Å². The lowest BCUT2D eigenvalue weighted by atomic mass is 10.2. The fourth-order valence-electron chi connectivity index (χ4n) is 3.35. The van der Waals surface area contributed by atoms with Gasteiger partial charge in [0.2, 0.25) is 0 Å². The van der Waals surface area contributed by atoms with Crippen molar-refractivity contribution in [3.05, 3.63) is 33.3 Å². The van der Waals surface area contributed by atoms with Gasteiger partial charge in [-0.3, -0.25) is 19.8 Å². The van der Waals surface area contributed by atoms with E-state index in [1.807, 2.05) is 0 Å². The molecular formula is C16H20ClN3O6S. The van der Waals surface area contributed by atoms with Crippen molar-refractivity contribution >= 4 is 33.0 Å². The Balaban J connectivity index is 1.48. The summed E-state index contributed by atoms with van der Waals surface area (Å²) >= 11 is 5.95. The largest absolute Gasteiger partial charge is 0.482 e. The Bertz CT molecular complexity index is 839. The van der Waals surface area contributed by atoms with E-state index in [0.717, 1.165) is 0 Å². The molecular weight excluding hydrogens is 398 g/mol. The van der Waals surface area contributed by atoms with Gasteiger partial charge < -0.3 is 9.64 Å².